The molecule has 0 N–H and O–H groups in total. The molecule has 0 aromatic heterocycles. The van der Waals surface area contributed by atoms with E-state index in [9.17, 15) is 8.78 Å². The van der Waals surface area contributed by atoms with E-state index in [-0.39, 0.29) is 0 Å². The quantitative estimate of drug-likeness (QED) is 0.471. The molecule has 0 aliphatic rings. The monoisotopic (exact) mass is 270 g/mol. The zero-order chi connectivity index (χ0) is 13.5. The average molecular weight is 270 g/mol. The van der Waals surface area contributed by atoms with Gasteiger partial charge in [-0.25, -0.2) is 0 Å². The third-order valence-electron chi connectivity index (χ3n) is 2.68. The smallest absolute Gasteiger partial charge is 0.198 e. The summed E-state index contributed by atoms with van der Waals surface area (Å²) in [6, 6.07) is 7.43. The number of hydrogen-bond acceptors (Lipinski definition) is 1. The summed E-state index contributed by atoms with van der Waals surface area (Å²) in [7, 11) is 0. The van der Waals surface area contributed by atoms with Gasteiger partial charge in [0.05, 0.1) is 0 Å². The van der Waals surface area contributed by atoms with Gasteiger partial charge in [0.15, 0.2) is 0 Å². The van der Waals surface area contributed by atoms with E-state index in [2.05, 4.69) is 32.9 Å². The van der Waals surface area contributed by atoms with Gasteiger partial charge in [0.2, 0.25) is 0 Å². The van der Waals surface area contributed by atoms with Crippen LogP contribution < -0.4 is 0 Å². The van der Waals surface area contributed by atoms with Crippen molar-refractivity contribution in [2.75, 3.05) is 0 Å². The van der Waals surface area contributed by atoms with E-state index in [0.717, 1.165) is 6.42 Å². The van der Waals surface area contributed by atoms with Crippen molar-refractivity contribution in [3.05, 3.63) is 42.0 Å². The molecule has 0 aliphatic carbocycles. The second-order valence-corrected chi connectivity index (χ2v) is 5.82. The minimum atomic E-state index is -2.35. The second kappa shape index (κ2) is 7.57. The Balaban J connectivity index is 2.56. The molecule has 0 fully saturated rings. The van der Waals surface area contributed by atoms with Crippen molar-refractivity contribution in [3.8, 4) is 0 Å². The SMILES string of the molecule is CC(C)/C=C/CC(C)c1ccc(SC(F)F)cc1. The lowest BCUT2D eigenvalue weighted by Crippen LogP contribution is -1.92. The maximum atomic E-state index is 12.2. The Labute approximate surface area is 112 Å². The van der Waals surface area contributed by atoms with Crippen LogP contribution in [0.2, 0.25) is 0 Å². The van der Waals surface area contributed by atoms with E-state index in [1.807, 2.05) is 12.1 Å². The number of benzene rings is 1. The van der Waals surface area contributed by atoms with Gasteiger partial charge in [-0.15, -0.1) is 0 Å². The molecule has 0 bridgehead atoms. The Hall–Kier alpha value is -0.830. The lowest BCUT2D eigenvalue weighted by molar-refractivity contribution is 0.252. The van der Waals surface area contributed by atoms with Crippen LogP contribution in [-0.2, 0) is 0 Å². The molecule has 1 aromatic rings. The summed E-state index contributed by atoms with van der Waals surface area (Å²) in [4.78, 5) is 0.624. The third-order valence-corrected chi connectivity index (χ3v) is 3.41. The molecule has 1 rings (SSSR count). The van der Waals surface area contributed by atoms with E-state index in [0.29, 0.717) is 28.5 Å². The molecule has 0 radical (unpaired) electrons. The van der Waals surface area contributed by atoms with Crippen molar-refractivity contribution in [3.63, 3.8) is 0 Å². The van der Waals surface area contributed by atoms with Crippen LogP contribution in [0.1, 0.15) is 38.7 Å². The Morgan fingerprint density at radius 1 is 1.11 bits per heavy atom. The maximum Gasteiger partial charge on any atom is 0.288 e. The summed E-state index contributed by atoms with van der Waals surface area (Å²) in [5, 5.41) is 0. The van der Waals surface area contributed by atoms with Crippen LogP contribution in [0.15, 0.2) is 41.3 Å². The van der Waals surface area contributed by atoms with Crippen LogP contribution in [0, 0.1) is 5.92 Å². The third kappa shape index (κ3) is 5.67. The van der Waals surface area contributed by atoms with Crippen LogP contribution in [0.3, 0.4) is 0 Å². The number of rotatable bonds is 6. The standard InChI is InChI=1S/C15H20F2S/c1-11(2)5-4-6-12(3)13-7-9-14(10-8-13)18-15(16)17/h4-5,7-12,15H,6H2,1-3H3/b5-4+. The molecule has 1 unspecified atom stereocenters. The fraction of sp³-hybridized carbons (Fsp3) is 0.467. The highest BCUT2D eigenvalue weighted by Gasteiger charge is 2.07. The highest BCUT2D eigenvalue weighted by molar-refractivity contribution is 7.99. The molecule has 0 amide bonds. The van der Waals surface area contributed by atoms with Crippen molar-refractivity contribution in [2.45, 2.75) is 43.8 Å². The molecular weight excluding hydrogens is 250 g/mol. The van der Waals surface area contributed by atoms with Gasteiger partial charge in [-0.2, -0.15) is 8.78 Å². The van der Waals surface area contributed by atoms with Crippen molar-refractivity contribution in [2.24, 2.45) is 5.92 Å². The topological polar surface area (TPSA) is 0 Å². The molecule has 1 aromatic carbocycles. The molecule has 0 saturated carbocycles. The van der Waals surface area contributed by atoms with Crippen LogP contribution >= 0.6 is 11.8 Å². The van der Waals surface area contributed by atoms with Gasteiger partial charge in [0.1, 0.15) is 0 Å². The highest BCUT2D eigenvalue weighted by atomic mass is 32.2. The number of halogens is 2. The minimum Gasteiger partial charge on any atom is -0.198 e. The van der Waals surface area contributed by atoms with E-state index < -0.39 is 5.76 Å². The Morgan fingerprint density at radius 2 is 1.72 bits per heavy atom. The van der Waals surface area contributed by atoms with Crippen molar-refractivity contribution in [1.82, 2.24) is 0 Å². The summed E-state index contributed by atoms with van der Waals surface area (Å²) in [5.41, 5.74) is 1.20. The summed E-state index contributed by atoms with van der Waals surface area (Å²) >= 11 is 0.593. The normalized spacial score (nSPS) is 13.7. The van der Waals surface area contributed by atoms with Gasteiger partial charge in [-0.3, -0.25) is 0 Å². The highest BCUT2D eigenvalue weighted by Crippen LogP contribution is 2.27. The first-order valence-corrected chi connectivity index (χ1v) is 7.08. The number of alkyl halides is 2. The first kappa shape index (κ1) is 15.2. The lowest BCUT2D eigenvalue weighted by atomic mass is 9.97. The summed E-state index contributed by atoms with van der Waals surface area (Å²) in [6.45, 7) is 6.45. The van der Waals surface area contributed by atoms with Gasteiger partial charge in [-0.05, 0) is 36.0 Å². The average Bonchev–Trinajstić information content (AvgIpc) is 2.28. The first-order valence-electron chi connectivity index (χ1n) is 6.20. The van der Waals surface area contributed by atoms with Gasteiger partial charge < -0.3 is 0 Å². The van der Waals surface area contributed by atoms with Crippen LogP contribution in [0.4, 0.5) is 8.78 Å². The Kier molecular flexibility index (Phi) is 6.41. The van der Waals surface area contributed by atoms with Crippen molar-refractivity contribution in [1.29, 1.82) is 0 Å². The number of hydrogen-bond donors (Lipinski definition) is 0. The zero-order valence-electron chi connectivity index (χ0n) is 11.1. The fourth-order valence-electron chi connectivity index (χ4n) is 1.67. The van der Waals surface area contributed by atoms with Crippen LogP contribution in [0.5, 0.6) is 0 Å². The van der Waals surface area contributed by atoms with Crippen molar-refractivity contribution < 1.29 is 8.78 Å². The van der Waals surface area contributed by atoms with E-state index >= 15 is 0 Å². The minimum absolute atomic E-state index is 0.422. The predicted molar refractivity (Wildman–Crippen MR) is 75.3 cm³/mol. The van der Waals surface area contributed by atoms with E-state index in [1.165, 1.54) is 5.56 Å². The number of thioether (sulfide) groups is 1. The molecule has 18 heavy (non-hydrogen) atoms. The Morgan fingerprint density at radius 3 is 2.22 bits per heavy atom. The summed E-state index contributed by atoms with van der Waals surface area (Å²) in [5.74, 6) is -1.35. The Bertz CT molecular complexity index is 369. The summed E-state index contributed by atoms with van der Waals surface area (Å²) < 4.78 is 24.4. The van der Waals surface area contributed by atoms with Gasteiger partial charge >= 0.3 is 0 Å². The van der Waals surface area contributed by atoms with Gasteiger partial charge in [-0.1, -0.05) is 56.8 Å². The van der Waals surface area contributed by atoms with E-state index in [4.69, 9.17) is 0 Å². The molecule has 0 spiro atoms. The molecule has 100 valence electrons. The van der Waals surface area contributed by atoms with Crippen LogP contribution in [0.25, 0.3) is 0 Å². The van der Waals surface area contributed by atoms with Gasteiger partial charge in [0, 0.05) is 4.90 Å². The lowest BCUT2D eigenvalue weighted by Gasteiger charge is -2.10. The fourth-order valence-corrected chi connectivity index (χ4v) is 2.17. The van der Waals surface area contributed by atoms with E-state index in [1.54, 1.807) is 12.1 Å². The van der Waals surface area contributed by atoms with Crippen LogP contribution in [-0.4, -0.2) is 5.76 Å². The zero-order valence-corrected chi connectivity index (χ0v) is 11.9. The molecule has 3 heteroatoms. The first-order chi connectivity index (χ1) is 8.49. The largest absolute Gasteiger partial charge is 0.288 e. The molecule has 1 atom stereocenters. The second-order valence-electron chi connectivity index (χ2n) is 4.76. The molecule has 0 aliphatic heterocycles. The molecule has 0 nitrogen and oxygen atoms in total. The number of allylic oxidation sites excluding steroid dienone is 2. The predicted octanol–water partition coefficient (Wildman–Crippen LogP) is 5.71. The van der Waals surface area contributed by atoms with Crippen molar-refractivity contribution >= 4 is 11.8 Å². The molecule has 0 saturated heterocycles. The van der Waals surface area contributed by atoms with Gasteiger partial charge in [0.25, 0.3) is 5.76 Å². The summed E-state index contributed by atoms with van der Waals surface area (Å²) in [6.07, 6.45) is 5.37. The maximum absolute atomic E-state index is 12.2. The molecule has 0 heterocycles. The molecular formula is C15H20F2S.